The van der Waals surface area contributed by atoms with Crippen molar-refractivity contribution in [1.82, 2.24) is 0 Å². The van der Waals surface area contributed by atoms with E-state index in [1.807, 2.05) is 6.07 Å². The molecule has 22 heavy (non-hydrogen) atoms. The second-order valence-electron chi connectivity index (χ2n) is 5.71. The average molecular weight is 306 g/mol. The first-order valence-corrected chi connectivity index (χ1v) is 7.42. The van der Waals surface area contributed by atoms with Crippen LogP contribution in [0.2, 0.25) is 0 Å². The lowest BCUT2D eigenvalue weighted by molar-refractivity contribution is -0.119. The van der Waals surface area contributed by atoms with E-state index in [1.165, 1.54) is 13.5 Å². The molecule has 6 heteroatoms. The number of methoxy groups -OCH3 is 1. The Morgan fingerprint density at radius 1 is 1.45 bits per heavy atom. The van der Waals surface area contributed by atoms with Gasteiger partial charge in [-0.3, -0.25) is 4.79 Å². The molecule has 6 nitrogen and oxygen atoms in total. The van der Waals surface area contributed by atoms with E-state index < -0.39 is 5.97 Å². The Bertz CT molecular complexity index is 559. The highest BCUT2D eigenvalue weighted by Gasteiger charge is 2.19. The predicted molar refractivity (Wildman–Crippen MR) is 84.5 cm³/mol. The smallest absolute Gasteiger partial charge is 0.337 e. The van der Waals surface area contributed by atoms with Crippen molar-refractivity contribution in [2.24, 2.45) is 5.92 Å². The van der Waals surface area contributed by atoms with E-state index in [2.05, 4.69) is 17.1 Å². The second-order valence-corrected chi connectivity index (χ2v) is 5.71. The summed E-state index contributed by atoms with van der Waals surface area (Å²) in [5.41, 5.74) is 1.28. The van der Waals surface area contributed by atoms with Gasteiger partial charge in [0.25, 0.3) is 0 Å². The van der Waals surface area contributed by atoms with Crippen LogP contribution in [0.1, 0.15) is 30.1 Å². The zero-order valence-electron chi connectivity index (χ0n) is 13.0. The van der Waals surface area contributed by atoms with Gasteiger partial charge in [-0.05, 0) is 37.0 Å². The summed E-state index contributed by atoms with van der Waals surface area (Å²) in [7, 11) is 1.41. The van der Waals surface area contributed by atoms with Gasteiger partial charge in [-0.1, -0.05) is 6.92 Å². The van der Waals surface area contributed by atoms with Crippen LogP contribution in [-0.2, 0) is 9.53 Å². The molecule has 2 N–H and O–H groups in total. The van der Waals surface area contributed by atoms with Crippen LogP contribution >= 0.6 is 0 Å². The fraction of sp³-hybridized carbons (Fsp3) is 0.500. The number of aromatic carboxylic acids is 1. The molecule has 120 valence electrons. The molecule has 1 aliphatic rings. The monoisotopic (exact) mass is 306 g/mol. The van der Waals surface area contributed by atoms with Crippen LogP contribution in [0, 0.1) is 5.92 Å². The summed E-state index contributed by atoms with van der Waals surface area (Å²) in [6, 6.07) is 5.13. The number of benzene rings is 1. The largest absolute Gasteiger partial charge is 0.478 e. The summed E-state index contributed by atoms with van der Waals surface area (Å²) in [4.78, 5) is 25.2. The van der Waals surface area contributed by atoms with Gasteiger partial charge in [0.1, 0.15) is 6.61 Å². The molecule has 1 heterocycles. The van der Waals surface area contributed by atoms with Gasteiger partial charge in [0.05, 0.1) is 11.3 Å². The summed E-state index contributed by atoms with van der Waals surface area (Å²) in [5, 5.41) is 12.0. The third kappa shape index (κ3) is 3.98. The standard InChI is InChI=1S/C16H22N2O4/c1-11-4-3-7-18(9-11)12-5-6-14(13(8-12)16(20)21)17-15(19)10-22-2/h5-6,8,11H,3-4,7,9-10H2,1-2H3,(H,17,19)(H,20,21)/t11-/m1/s1. The van der Waals surface area contributed by atoms with Crippen LogP contribution < -0.4 is 10.2 Å². The molecule has 1 aromatic rings. The molecule has 2 rings (SSSR count). The van der Waals surface area contributed by atoms with E-state index >= 15 is 0 Å². The number of hydrogen-bond acceptors (Lipinski definition) is 4. The number of nitrogens with one attached hydrogen (secondary N) is 1. The van der Waals surface area contributed by atoms with Crippen LogP contribution in [0.15, 0.2) is 18.2 Å². The average Bonchev–Trinajstić information content (AvgIpc) is 2.47. The maximum absolute atomic E-state index is 11.6. The Labute approximate surface area is 130 Å². The predicted octanol–water partition coefficient (Wildman–Crippen LogP) is 2.21. The third-order valence-electron chi connectivity index (χ3n) is 3.81. The quantitative estimate of drug-likeness (QED) is 0.872. The highest BCUT2D eigenvalue weighted by molar-refractivity contribution is 6.01. The number of carbonyl (C=O) groups excluding carboxylic acids is 1. The van der Waals surface area contributed by atoms with E-state index in [1.54, 1.807) is 12.1 Å². The first-order chi connectivity index (χ1) is 10.5. The lowest BCUT2D eigenvalue weighted by Crippen LogP contribution is -2.34. The van der Waals surface area contributed by atoms with Crippen LogP contribution in [0.3, 0.4) is 0 Å². The lowest BCUT2D eigenvalue weighted by Gasteiger charge is -2.33. The van der Waals surface area contributed by atoms with Gasteiger partial charge in [0.2, 0.25) is 5.91 Å². The summed E-state index contributed by atoms with van der Waals surface area (Å²) in [6.45, 7) is 3.95. The normalized spacial score (nSPS) is 18.1. The van der Waals surface area contributed by atoms with Gasteiger partial charge in [-0.15, -0.1) is 0 Å². The molecule has 0 radical (unpaired) electrons. The number of rotatable bonds is 5. The van der Waals surface area contributed by atoms with Crippen LogP contribution in [0.25, 0.3) is 0 Å². The van der Waals surface area contributed by atoms with Crippen molar-refractivity contribution in [2.45, 2.75) is 19.8 Å². The van der Waals surface area contributed by atoms with Crippen molar-refractivity contribution in [2.75, 3.05) is 37.0 Å². The van der Waals surface area contributed by atoms with Crippen molar-refractivity contribution in [3.63, 3.8) is 0 Å². The third-order valence-corrected chi connectivity index (χ3v) is 3.81. The highest BCUT2D eigenvalue weighted by Crippen LogP contribution is 2.27. The number of nitrogens with zero attached hydrogens (tertiary/aromatic N) is 1. The molecule has 0 unspecified atom stereocenters. The second kappa shape index (κ2) is 7.26. The number of carboxylic acids is 1. The maximum atomic E-state index is 11.6. The molecule has 0 aromatic heterocycles. The first-order valence-electron chi connectivity index (χ1n) is 7.42. The molecular formula is C16H22N2O4. The van der Waals surface area contributed by atoms with E-state index in [0.29, 0.717) is 11.6 Å². The Hall–Kier alpha value is -2.08. The molecule has 1 aromatic carbocycles. The van der Waals surface area contributed by atoms with Crippen molar-refractivity contribution in [1.29, 1.82) is 0 Å². The minimum atomic E-state index is -1.06. The van der Waals surface area contributed by atoms with E-state index in [0.717, 1.165) is 25.2 Å². The topological polar surface area (TPSA) is 78.9 Å². The summed E-state index contributed by atoms with van der Waals surface area (Å²) in [6.07, 6.45) is 2.31. The number of anilines is 2. The molecule has 0 spiro atoms. The minimum absolute atomic E-state index is 0.0974. The molecule has 1 atom stereocenters. The SMILES string of the molecule is COCC(=O)Nc1ccc(N2CCC[C@@H](C)C2)cc1C(=O)O. The van der Waals surface area contributed by atoms with Gasteiger partial charge in [0, 0.05) is 25.9 Å². The Balaban J connectivity index is 2.23. The zero-order chi connectivity index (χ0) is 16.1. The Morgan fingerprint density at radius 2 is 2.23 bits per heavy atom. The van der Waals surface area contributed by atoms with Crippen molar-refractivity contribution < 1.29 is 19.4 Å². The van der Waals surface area contributed by atoms with Gasteiger partial charge < -0.3 is 20.1 Å². The van der Waals surface area contributed by atoms with Gasteiger partial charge >= 0.3 is 5.97 Å². The van der Waals surface area contributed by atoms with Gasteiger partial charge in [-0.25, -0.2) is 4.79 Å². The molecule has 1 saturated heterocycles. The minimum Gasteiger partial charge on any atom is -0.478 e. The fourth-order valence-corrected chi connectivity index (χ4v) is 2.76. The van der Waals surface area contributed by atoms with E-state index in [-0.39, 0.29) is 18.1 Å². The number of ether oxygens (including phenoxy) is 1. The molecule has 1 fully saturated rings. The van der Waals surface area contributed by atoms with Crippen LogP contribution in [0.5, 0.6) is 0 Å². The molecule has 0 aliphatic carbocycles. The molecular weight excluding hydrogens is 284 g/mol. The van der Waals surface area contributed by atoms with Crippen molar-refractivity contribution in [3.8, 4) is 0 Å². The van der Waals surface area contributed by atoms with E-state index in [4.69, 9.17) is 4.74 Å². The van der Waals surface area contributed by atoms with Crippen molar-refractivity contribution in [3.05, 3.63) is 23.8 Å². The lowest BCUT2D eigenvalue weighted by atomic mass is 9.99. The summed E-state index contributed by atoms with van der Waals surface area (Å²) in [5.74, 6) is -0.827. The van der Waals surface area contributed by atoms with Crippen LogP contribution in [-0.4, -0.2) is 43.8 Å². The molecule has 0 bridgehead atoms. The molecule has 1 aliphatic heterocycles. The Morgan fingerprint density at radius 3 is 2.86 bits per heavy atom. The van der Waals surface area contributed by atoms with Crippen molar-refractivity contribution >= 4 is 23.3 Å². The first kappa shape index (κ1) is 16.3. The number of amides is 1. The van der Waals surface area contributed by atoms with Crippen LogP contribution in [0.4, 0.5) is 11.4 Å². The number of carboxylic acid groups (broad SMARTS) is 1. The highest BCUT2D eigenvalue weighted by atomic mass is 16.5. The van der Waals surface area contributed by atoms with Gasteiger partial charge in [0.15, 0.2) is 0 Å². The van der Waals surface area contributed by atoms with Gasteiger partial charge in [-0.2, -0.15) is 0 Å². The van der Waals surface area contributed by atoms with E-state index in [9.17, 15) is 14.7 Å². The fourth-order valence-electron chi connectivity index (χ4n) is 2.76. The summed E-state index contributed by atoms with van der Waals surface area (Å²) >= 11 is 0. The number of piperidine rings is 1. The number of hydrogen-bond donors (Lipinski definition) is 2. The Kier molecular flexibility index (Phi) is 5.38. The molecule has 1 amide bonds. The number of carbonyl (C=O) groups is 2. The maximum Gasteiger partial charge on any atom is 0.337 e. The zero-order valence-corrected chi connectivity index (χ0v) is 13.0. The summed E-state index contributed by atoms with van der Waals surface area (Å²) < 4.78 is 4.74. The molecule has 0 saturated carbocycles.